The Morgan fingerprint density at radius 1 is 1.41 bits per heavy atom. The Bertz CT molecular complexity index is 940. The van der Waals surface area contributed by atoms with E-state index in [0.29, 0.717) is 12.1 Å². The topological polar surface area (TPSA) is 105 Å². The SMILES string of the molecule is C=CC(=O)NC1CC(CO)N(S(=O)(=O)c2cnn(-c3ccccc3)c2C)C1. The maximum absolute atomic E-state index is 13.2. The number of carbonyl (C=O) groups is 1. The number of nitrogens with zero attached hydrogens (tertiary/aromatic N) is 3. The second-order valence-electron chi connectivity index (χ2n) is 6.40. The third kappa shape index (κ3) is 3.66. The van der Waals surface area contributed by atoms with Crippen molar-refractivity contribution in [3.8, 4) is 5.69 Å². The maximum atomic E-state index is 13.2. The van der Waals surface area contributed by atoms with Gasteiger partial charge in [-0.1, -0.05) is 24.8 Å². The highest BCUT2D eigenvalue weighted by Crippen LogP contribution is 2.28. The second kappa shape index (κ2) is 7.63. The quantitative estimate of drug-likeness (QED) is 0.703. The minimum atomic E-state index is -3.88. The lowest BCUT2D eigenvalue weighted by Gasteiger charge is -2.22. The number of aliphatic hydroxyl groups excluding tert-OH is 1. The highest BCUT2D eigenvalue weighted by atomic mass is 32.2. The summed E-state index contributed by atoms with van der Waals surface area (Å²) in [6.07, 6.45) is 2.79. The molecule has 27 heavy (non-hydrogen) atoms. The van der Waals surface area contributed by atoms with Crippen LogP contribution in [0.4, 0.5) is 0 Å². The van der Waals surface area contributed by atoms with Gasteiger partial charge in [-0.2, -0.15) is 9.40 Å². The van der Waals surface area contributed by atoms with Crippen molar-refractivity contribution in [3.05, 3.63) is 54.9 Å². The predicted octanol–water partition coefficient (Wildman–Crippen LogP) is 0.607. The molecule has 1 aliphatic heterocycles. The standard InChI is InChI=1S/C18H22N4O4S/c1-3-18(24)20-14-9-16(12-23)21(11-14)27(25,26)17-10-19-22(13(17)2)15-7-5-4-6-8-15/h3-8,10,14,16,23H,1,9,11-12H2,2H3,(H,20,24). The summed E-state index contributed by atoms with van der Waals surface area (Å²) in [5, 5.41) is 16.6. The van der Waals surface area contributed by atoms with Gasteiger partial charge in [0.1, 0.15) is 4.90 Å². The van der Waals surface area contributed by atoms with Crippen molar-refractivity contribution in [1.82, 2.24) is 19.4 Å². The molecule has 8 nitrogen and oxygen atoms in total. The average Bonchev–Trinajstić information content (AvgIpc) is 3.26. The summed E-state index contributed by atoms with van der Waals surface area (Å²) < 4.78 is 29.2. The summed E-state index contributed by atoms with van der Waals surface area (Å²) in [6.45, 7) is 4.84. The maximum Gasteiger partial charge on any atom is 0.246 e. The molecule has 144 valence electrons. The summed E-state index contributed by atoms with van der Waals surface area (Å²) in [7, 11) is -3.88. The third-order valence-corrected chi connectivity index (χ3v) is 6.68. The van der Waals surface area contributed by atoms with Gasteiger partial charge in [-0.3, -0.25) is 4.79 Å². The number of sulfonamides is 1. The predicted molar refractivity (Wildman–Crippen MR) is 99.8 cm³/mol. The molecule has 0 saturated carbocycles. The van der Waals surface area contributed by atoms with Gasteiger partial charge in [0.05, 0.1) is 30.2 Å². The number of hydrogen-bond acceptors (Lipinski definition) is 5. The van der Waals surface area contributed by atoms with Crippen LogP contribution in [0.5, 0.6) is 0 Å². The van der Waals surface area contributed by atoms with Crippen LogP contribution in [-0.2, 0) is 14.8 Å². The summed E-state index contributed by atoms with van der Waals surface area (Å²) >= 11 is 0. The van der Waals surface area contributed by atoms with Crippen molar-refractivity contribution >= 4 is 15.9 Å². The Morgan fingerprint density at radius 2 is 2.11 bits per heavy atom. The van der Waals surface area contributed by atoms with E-state index in [1.165, 1.54) is 10.5 Å². The fourth-order valence-electron chi connectivity index (χ4n) is 3.32. The van der Waals surface area contributed by atoms with Gasteiger partial charge in [-0.25, -0.2) is 13.1 Å². The van der Waals surface area contributed by atoms with Crippen LogP contribution in [0.3, 0.4) is 0 Å². The molecule has 2 N–H and O–H groups in total. The lowest BCUT2D eigenvalue weighted by atomic mass is 10.2. The van der Waals surface area contributed by atoms with Crippen LogP contribution in [0.2, 0.25) is 0 Å². The van der Waals surface area contributed by atoms with E-state index >= 15 is 0 Å². The minimum Gasteiger partial charge on any atom is -0.395 e. The first-order valence-corrected chi connectivity index (χ1v) is 9.98. The normalized spacial score (nSPS) is 20.5. The number of amides is 1. The number of hydrogen-bond donors (Lipinski definition) is 2. The van der Waals surface area contributed by atoms with E-state index in [4.69, 9.17) is 0 Å². The highest BCUT2D eigenvalue weighted by molar-refractivity contribution is 7.89. The van der Waals surface area contributed by atoms with Gasteiger partial charge in [0.2, 0.25) is 15.9 Å². The third-order valence-electron chi connectivity index (χ3n) is 4.66. The molecule has 1 aromatic heterocycles. The molecule has 1 amide bonds. The van der Waals surface area contributed by atoms with Crippen LogP contribution in [-0.4, -0.2) is 58.8 Å². The fourth-order valence-corrected chi connectivity index (χ4v) is 5.13. The van der Waals surface area contributed by atoms with Crippen LogP contribution in [0.15, 0.2) is 54.1 Å². The molecule has 0 radical (unpaired) electrons. The molecule has 1 aromatic carbocycles. The number of aliphatic hydroxyl groups is 1. The zero-order valence-electron chi connectivity index (χ0n) is 14.9. The molecular formula is C18H22N4O4S. The Morgan fingerprint density at radius 3 is 2.74 bits per heavy atom. The van der Waals surface area contributed by atoms with Crippen LogP contribution >= 0.6 is 0 Å². The van der Waals surface area contributed by atoms with Gasteiger partial charge in [0.15, 0.2) is 0 Å². The summed E-state index contributed by atoms with van der Waals surface area (Å²) in [5.41, 5.74) is 1.24. The molecule has 3 rings (SSSR count). The number of nitrogens with one attached hydrogen (secondary N) is 1. The fraction of sp³-hybridized carbons (Fsp3) is 0.333. The van der Waals surface area contributed by atoms with E-state index in [-0.39, 0.29) is 30.0 Å². The van der Waals surface area contributed by atoms with Gasteiger partial charge in [0, 0.05) is 12.6 Å². The Labute approximate surface area is 158 Å². The monoisotopic (exact) mass is 390 g/mol. The molecule has 2 aromatic rings. The molecule has 1 fully saturated rings. The van der Waals surface area contributed by atoms with Crippen molar-refractivity contribution in [1.29, 1.82) is 0 Å². The molecule has 1 aliphatic rings. The van der Waals surface area contributed by atoms with Crippen molar-refractivity contribution in [2.24, 2.45) is 0 Å². The summed E-state index contributed by atoms with van der Waals surface area (Å²) in [5.74, 6) is -0.371. The van der Waals surface area contributed by atoms with E-state index in [9.17, 15) is 18.3 Å². The molecule has 0 spiro atoms. The van der Waals surface area contributed by atoms with Crippen LogP contribution in [0, 0.1) is 6.92 Å². The number of rotatable bonds is 6. The number of carbonyl (C=O) groups excluding carboxylic acids is 1. The van der Waals surface area contributed by atoms with Crippen molar-refractivity contribution in [2.75, 3.05) is 13.2 Å². The minimum absolute atomic E-state index is 0.0838. The highest BCUT2D eigenvalue weighted by Gasteiger charge is 2.41. The molecule has 0 bridgehead atoms. The number of benzene rings is 1. The number of para-hydroxylation sites is 1. The van der Waals surface area contributed by atoms with Crippen LogP contribution in [0.25, 0.3) is 5.69 Å². The van der Waals surface area contributed by atoms with Gasteiger partial charge < -0.3 is 10.4 Å². The lowest BCUT2D eigenvalue weighted by Crippen LogP contribution is -2.39. The number of aromatic nitrogens is 2. The zero-order valence-corrected chi connectivity index (χ0v) is 15.8. The van der Waals surface area contributed by atoms with Crippen molar-refractivity contribution in [2.45, 2.75) is 30.3 Å². The Hall–Kier alpha value is -2.49. The molecule has 9 heteroatoms. The van der Waals surface area contributed by atoms with Gasteiger partial charge in [-0.15, -0.1) is 0 Å². The Balaban J connectivity index is 1.91. The zero-order chi connectivity index (χ0) is 19.6. The van der Waals surface area contributed by atoms with E-state index in [1.54, 1.807) is 11.6 Å². The molecule has 2 heterocycles. The molecule has 2 unspecified atom stereocenters. The van der Waals surface area contributed by atoms with E-state index in [2.05, 4.69) is 17.0 Å². The lowest BCUT2D eigenvalue weighted by molar-refractivity contribution is -0.117. The van der Waals surface area contributed by atoms with Gasteiger partial charge in [0.25, 0.3) is 0 Å². The average molecular weight is 390 g/mol. The van der Waals surface area contributed by atoms with Crippen LogP contribution in [0.1, 0.15) is 12.1 Å². The van der Waals surface area contributed by atoms with E-state index in [1.807, 2.05) is 30.3 Å². The summed E-state index contributed by atoms with van der Waals surface area (Å²) in [4.78, 5) is 11.6. The summed E-state index contributed by atoms with van der Waals surface area (Å²) in [6, 6.07) is 8.25. The smallest absolute Gasteiger partial charge is 0.246 e. The van der Waals surface area contributed by atoms with E-state index in [0.717, 1.165) is 11.8 Å². The molecule has 2 atom stereocenters. The molecule has 0 aliphatic carbocycles. The first-order chi connectivity index (χ1) is 12.9. The largest absolute Gasteiger partial charge is 0.395 e. The van der Waals surface area contributed by atoms with Gasteiger partial charge in [-0.05, 0) is 31.6 Å². The van der Waals surface area contributed by atoms with Gasteiger partial charge >= 0.3 is 0 Å². The van der Waals surface area contributed by atoms with Crippen LogP contribution < -0.4 is 5.32 Å². The molecular weight excluding hydrogens is 368 g/mol. The van der Waals surface area contributed by atoms with E-state index < -0.39 is 16.1 Å². The molecule has 1 saturated heterocycles. The van der Waals surface area contributed by atoms with Crippen molar-refractivity contribution in [3.63, 3.8) is 0 Å². The van der Waals surface area contributed by atoms with Crippen molar-refractivity contribution < 1.29 is 18.3 Å². The first-order valence-electron chi connectivity index (χ1n) is 8.54. The Kier molecular flexibility index (Phi) is 5.45. The second-order valence-corrected chi connectivity index (χ2v) is 8.26. The first kappa shape index (κ1) is 19.3.